The fourth-order valence-corrected chi connectivity index (χ4v) is 10.2. The summed E-state index contributed by atoms with van der Waals surface area (Å²) < 4.78 is 156. The monoisotopic (exact) mass is 598 g/mol. The third kappa shape index (κ3) is 4.82. The highest BCUT2D eigenvalue weighted by atomic mass is 32.3. The van der Waals surface area contributed by atoms with Crippen LogP contribution in [0.5, 0.6) is 5.75 Å². The molecule has 2 aromatic rings. The van der Waals surface area contributed by atoms with Gasteiger partial charge in [0, 0.05) is 16.4 Å². The third-order valence-corrected chi connectivity index (χ3v) is 12.3. The topological polar surface area (TPSA) is 52.6 Å². The van der Waals surface area contributed by atoms with Crippen molar-refractivity contribution in [2.45, 2.75) is 72.8 Å². The standard InChI is InChI=1S/C23H23F9O4S2/c24-20(25,22(28,29)30)21(26,27)23(31,32)38(33,34)36-37(11-3-4-12-37)19-10-8-15-13-18(9-7-16(15)14-19)35-17-5-1-2-6-17/h7-10,13-14,17H,1-6,11-12H2. The summed E-state index contributed by atoms with van der Waals surface area (Å²) in [6.07, 6.45) is -2.69. The van der Waals surface area contributed by atoms with Crippen molar-refractivity contribution in [3.63, 3.8) is 0 Å². The van der Waals surface area contributed by atoms with Crippen LogP contribution >= 0.6 is 10.3 Å². The van der Waals surface area contributed by atoms with E-state index >= 15 is 0 Å². The van der Waals surface area contributed by atoms with Gasteiger partial charge in [0.2, 0.25) is 0 Å². The van der Waals surface area contributed by atoms with Crippen LogP contribution in [0, 0.1) is 0 Å². The number of alkyl halides is 9. The molecule has 4 rings (SSSR count). The maximum atomic E-state index is 14.4. The molecule has 0 amide bonds. The molecule has 2 aliphatic rings. The van der Waals surface area contributed by atoms with Crippen molar-refractivity contribution in [2.75, 3.05) is 11.5 Å². The largest absolute Gasteiger partial charge is 0.490 e. The Kier molecular flexibility index (Phi) is 7.39. The summed E-state index contributed by atoms with van der Waals surface area (Å²) in [5.41, 5.74) is 0. The van der Waals surface area contributed by atoms with E-state index in [1.165, 1.54) is 18.2 Å². The van der Waals surface area contributed by atoms with Crippen LogP contribution in [0.3, 0.4) is 0 Å². The number of fused-ring (bicyclic) bond motifs is 1. The van der Waals surface area contributed by atoms with Gasteiger partial charge >= 0.3 is 33.4 Å². The summed E-state index contributed by atoms with van der Waals surface area (Å²) in [6.45, 7) is 0. The van der Waals surface area contributed by atoms with Gasteiger partial charge in [0.05, 0.1) is 6.10 Å². The highest BCUT2D eigenvalue weighted by molar-refractivity contribution is 8.33. The van der Waals surface area contributed by atoms with E-state index in [0.29, 0.717) is 16.5 Å². The second kappa shape index (κ2) is 9.65. The molecule has 1 aliphatic heterocycles. The molecule has 0 atom stereocenters. The number of benzene rings is 2. The smallest absolute Gasteiger partial charge is 0.460 e. The van der Waals surface area contributed by atoms with Crippen molar-refractivity contribution in [3.8, 4) is 5.75 Å². The molecule has 214 valence electrons. The fourth-order valence-electron chi connectivity index (χ4n) is 4.55. The summed E-state index contributed by atoms with van der Waals surface area (Å²) in [5, 5.41) is -5.76. The van der Waals surface area contributed by atoms with Crippen molar-refractivity contribution in [3.05, 3.63) is 36.4 Å². The zero-order valence-corrected chi connectivity index (χ0v) is 21.2. The van der Waals surface area contributed by atoms with Crippen molar-refractivity contribution in [2.24, 2.45) is 0 Å². The molecule has 1 saturated heterocycles. The number of hydrogen-bond acceptors (Lipinski definition) is 4. The van der Waals surface area contributed by atoms with E-state index in [0.717, 1.165) is 25.7 Å². The van der Waals surface area contributed by atoms with Gasteiger partial charge in [-0.15, -0.1) is 0 Å². The van der Waals surface area contributed by atoms with Crippen LogP contribution < -0.4 is 4.74 Å². The van der Waals surface area contributed by atoms with Crippen molar-refractivity contribution in [1.29, 1.82) is 0 Å². The molecule has 0 radical (unpaired) electrons. The molecule has 0 N–H and O–H groups in total. The molecule has 2 aromatic carbocycles. The zero-order chi connectivity index (χ0) is 28.2. The van der Waals surface area contributed by atoms with E-state index < -0.39 is 43.7 Å². The number of halogens is 9. The first-order valence-corrected chi connectivity index (χ1v) is 14.9. The molecule has 1 heterocycles. The van der Waals surface area contributed by atoms with Gasteiger partial charge in [0.1, 0.15) is 5.75 Å². The first-order chi connectivity index (χ1) is 17.4. The van der Waals surface area contributed by atoms with Crippen LogP contribution in [0.1, 0.15) is 38.5 Å². The Morgan fingerprint density at radius 3 is 1.87 bits per heavy atom. The minimum absolute atomic E-state index is 0.0530. The highest BCUT2D eigenvalue weighted by Gasteiger charge is 2.86. The Labute approximate surface area is 214 Å². The van der Waals surface area contributed by atoms with Gasteiger partial charge in [-0.1, -0.05) is 22.4 Å². The first-order valence-electron chi connectivity index (χ1n) is 11.6. The second-order valence-electron chi connectivity index (χ2n) is 9.31. The van der Waals surface area contributed by atoms with Crippen molar-refractivity contribution >= 4 is 31.2 Å². The average Bonchev–Trinajstić information content (AvgIpc) is 3.50. The van der Waals surface area contributed by atoms with Gasteiger partial charge in [0.15, 0.2) is 0 Å². The predicted molar refractivity (Wildman–Crippen MR) is 123 cm³/mol. The molecule has 38 heavy (non-hydrogen) atoms. The second-order valence-corrected chi connectivity index (χ2v) is 14.2. The maximum Gasteiger partial charge on any atom is 0.460 e. The Hall–Kier alpha value is -1.87. The SMILES string of the molecule is O=S(=O)(OS1(c2ccc3cc(OC4CCCC4)ccc3c2)CCCC1)C(F)(F)C(F)(F)C(F)(F)C(F)(F)F. The Bertz CT molecular complexity index is 1280. The molecule has 4 nitrogen and oxygen atoms in total. The van der Waals surface area contributed by atoms with Crippen LogP contribution in [-0.2, 0) is 13.7 Å². The van der Waals surface area contributed by atoms with Gasteiger partial charge in [-0.25, -0.2) is 3.63 Å². The van der Waals surface area contributed by atoms with Crippen LogP contribution in [0.15, 0.2) is 41.3 Å². The van der Waals surface area contributed by atoms with Gasteiger partial charge in [0.25, 0.3) is 0 Å². The molecular weight excluding hydrogens is 575 g/mol. The zero-order valence-electron chi connectivity index (χ0n) is 19.5. The van der Waals surface area contributed by atoms with Crippen molar-refractivity contribution in [1.82, 2.24) is 0 Å². The first kappa shape index (κ1) is 29.1. The Balaban J connectivity index is 1.67. The molecule has 0 aromatic heterocycles. The van der Waals surface area contributed by atoms with E-state index in [1.54, 1.807) is 18.2 Å². The minimum Gasteiger partial charge on any atom is -0.490 e. The van der Waals surface area contributed by atoms with E-state index in [-0.39, 0.29) is 35.3 Å². The average molecular weight is 599 g/mol. The lowest BCUT2D eigenvalue weighted by molar-refractivity contribution is -0.382. The normalized spacial score (nSPS) is 20.7. The molecule has 0 spiro atoms. The van der Waals surface area contributed by atoms with E-state index in [1.807, 2.05) is 0 Å². The summed E-state index contributed by atoms with van der Waals surface area (Å²) in [6, 6.07) is 9.24. The molecule has 0 unspecified atom stereocenters. The van der Waals surface area contributed by atoms with E-state index in [9.17, 15) is 47.9 Å². The summed E-state index contributed by atoms with van der Waals surface area (Å²) in [5.74, 6) is -14.5. The molecule has 15 heteroatoms. The number of hydrogen-bond donors (Lipinski definition) is 0. The molecule has 2 fully saturated rings. The lowest BCUT2D eigenvalue weighted by Crippen LogP contribution is -2.63. The summed E-state index contributed by atoms with van der Waals surface area (Å²) in [7, 11) is -10.3. The number of ether oxygens (including phenoxy) is 1. The summed E-state index contributed by atoms with van der Waals surface area (Å²) >= 11 is 0. The molecule has 1 saturated carbocycles. The Morgan fingerprint density at radius 1 is 0.737 bits per heavy atom. The quantitative estimate of drug-likeness (QED) is 0.291. The highest BCUT2D eigenvalue weighted by Crippen LogP contribution is 2.65. The van der Waals surface area contributed by atoms with Crippen LogP contribution in [0.25, 0.3) is 10.8 Å². The van der Waals surface area contributed by atoms with Crippen LogP contribution in [0.4, 0.5) is 39.5 Å². The van der Waals surface area contributed by atoms with Gasteiger partial charge in [-0.05, 0) is 73.6 Å². The minimum atomic E-state index is -7.35. The summed E-state index contributed by atoms with van der Waals surface area (Å²) in [4.78, 5) is 0.0530. The van der Waals surface area contributed by atoms with Crippen LogP contribution in [-0.4, -0.2) is 49.3 Å². The molecule has 0 bridgehead atoms. The number of rotatable bonds is 8. The maximum absolute atomic E-state index is 14.4. The van der Waals surface area contributed by atoms with Gasteiger partial charge in [-0.3, -0.25) is 0 Å². The third-order valence-electron chi connectivity index (χ3n) is 6.67. The molecule has 1 aliphatic carbocycles. The van der Waals surface area contributed by atoms with E-state index in [4.69, 9.17) is 4.74 Å². The lowest BCUT2D eigenvalue weighted by atomic mass is 10.1. The van der Waals surface area contributed by atoms with Crippen molar-refractivity contribution < 1.29 is 56.3 Å². The fraction of sp³-hybridized carbons (Fsp3) is 0.565. The van der Waals surface area contributed by atoms with Gasteiger partial charge < -0.3 is 4.74 Å². The molecular formula is C23H23F9O4S2. The van der Waals surface area contributed by atoms with Gasteiger partial charge in [-0.2, -0.15) is 47.9 Å². The predicted octanol–water partition coefficient (Wildman–Crippen LogP) is 7.81. The Morgan fingerprint density at radius 2 is 1.29 bits per heavy atom. The van der Waals surface area contributed by atoms with E-state index in [2.05, 4.69) is 3.63 Å². The lowest BCUT2D eigenvalue weighted by Gasteiger charge is -2.38. The van der Waals surface area contributed by atoms with Crippen LogP contribution in [0.2, 0.25) is 0 Å².